The maximum absolute atomic E-state index is 13.1. The number of benzene rings is 2. The number of hydrogen-bond acceptors (Lipinski definition) is 3. The van der Waals surface area contributed by atoms with Crippen molar-refractivity contribution in [1.82, 2.24) is 19.6 Å². The van der Waals surface area contributed by atoms with Gasteiger partial charge in [0, 0.05) is 17.4 Å². The molecule has 22 heavy (non-hydrogen) atoms. The average molecular weight is 292 g/mol. The lowest BCUT2D eigenvalue weighted by Gasteiger charge is -2.07. The van der Waals surface area contributed by atoms with E-state index in [1.807, 2.05) is 35.6 Å². The molecule has 0 atom stereocenters. The lowest BCUT2D eigenvalue weighted by atomic mass is 10.2. The summed E-state index contributed by atoms with van der Waals surface area (Å²) in [6.45, 7) is 2.05. The quantitative estimate of drug-likeness (QED) is 0.566. The molecular formula is C17H13FN4. The van der Waals surface area contributed by atoms with Gasteiger partial charge in [-0.05, 0) is 36.4 Å². The second-order valence-corrected chi connectivity index (χ2v) is 5.09. The molecule has 4 nitrogen and oxygen atoms in total. The zero-order valence-corrected chi connectivity index (χ0v) is 12.0. The van der Waals surface area contributed by atoms with Crippen LogP contribution >= 0.6 is 0 Å². The molecule has 0 saturated heterocycles. The predicted octanol–water partition coefficient (Wildman–Crippen LogP) is 3.65. The van der Waals surface area contributed by atoms with E-state index in [9.17, 15) is 4.39 Å². The minimum absolute atomic E-state index is 0.267. The first-order valence-electron chi connectivity index (χ1n) is 7.16. The highest BCUT2D eigenvalue weighted by Crippen LogP contribution is 2.24. The standard InChI is InChI=1S/C17H13FN4/c1-2-15-19-14-6-4-3-5-13(14)17-21-20-16(22(15)17)11-7-9-12(18)10-8-11/h3-10H,2H2,1H3. The number of aryl methyl sites for hydroxylation is 1. The summed E-state index contributed by atoms with van der Waals surface area (Å²) in [5.74, 6) is 1.31. The second-order valence-electron chi connectivity index (χ2n) is 5.09. The van der Waals surface area contributed by atoms with E-state index in [4.69, 9.17) is 4.98 Å². The van der Waals surface area contributed by atoms with E-state index in [0.717, 1.165) is 34.4 Å². The van der Waals surface area contributed by atoms with Crippen molar-refractivity contribution in [2.24, 2.45) is 0 Å². The molecule has 0 radical (unpaired) electrons. The van der Waals surface area contributed by atoms with Gasteiger partial charge in [0.15, 0.2) is 11.5 Å². The molecular weight excluding hydrogens is 279 g/mol. The monoisotopic (exact) mass is 292 g/mol. The van der Waals surface area contributed by atoms with E-state index < -0.39 is 0 Å². The second kappa shape index (κ2) is 4.87. The molecule has 4 rings (SSSR count). The van der Waals surface area contributed by atoms with Gasteiger partial charge < -0.3 is 0 Å². The zero-order chi connectivity index (χ0) is 15.1. The predicted molar refractivity (Wildman–Crippen MR) is 83.1 cm³/mol. The molecule has 0 aliphatic heterocycles. The molecule has 2 aromatic heterocycles. The van der Waals surface area contributed by atoms with E-state index in [0.29, 0.717) is 5.82 Å². The Labute approximate surface area is 126 Å². The van der Waals surface area contributed by atoms with Gasteiger partial charge in [0.1, 0.15) is 11.6 Å². The first-order chi connectivity index (χ1) is 10.8. The summed E-state index contributed by atoms with van der Waals surface area (Å²) < 4.78 is 15.1. The van der Waals surface area contributed by atoms with Crippen molar-refractivity contribution in [3.05, 3.63) is 60.2 Å². The van der Waals surface area contributed by atoms with Crippen molar-refractivity contribution < 1.29 is 4.39 Å². The van der Waals surface area contributed by atoms with Crippen LogP contribution in [0.2, 0.25) is 0 Å². The highest BCUT2D eigenvalue weighted by molar-refractivity contribution is 5.92. The maximum Gasteiger partial charge on any atom is 0.171 e. The van der Waals surface area contributed by atoms with Gasteiger partial charge in [0.2, 0.25) is 0 Å². The lowest BCUT2D eigenvalue weighted by Crippen LogP contribution is -2.02. The lowest BCUT2D eigenvalue weighted by molar-refractivity contribution is 0.628. The Morgan fingerprint density at radius 1 is 1.00 bits per heavy atom. The van der Waals surface area contributed by atoms with E-state index in [2.05, 4.69) is 10.2 Å². The zero-order valence-electron chi connectivity index (χ0n) is 12.0. The third-order valence-corrected chi connectivity index (χ3v) is 3.73. The van der Waals surface area contributed by atoms with Crippen molar-refractivity contribution >= 4 is 16.6 Å². The maximum atomic E-state index is 13.1. The molecule has 2 aromatic carbocycles. The molecule has 0 unspecified atom stereocenters. The fourth-order valence-corrected chi connectivity index (χ4v) is 2.68. The molecule has 108 valence electrons. The van der Waals surface area contributed by atoms with Gasteiger partial charge in [-0.2, -0.15) is 0 Å². The van der Waals surface area contributed by atoms with Crippen LogP contribution in [0.1, 0.15) is 12.7 Å². The fraction of sp³-hybridized carbons (Fsp3) is 0.118. The molecule has 0 aliphatic rings. The summed E-state index contributed by atoms with van der Waals surface area (Å²) in [5, 5.41) is 9.60. The molecule has 0 aliphatic carbocycles. The van der Waals surface area contributed by atoms with Gasteiger partial charge in [-0.1, -0.05) is 19.1 Å². The van der Waals surface area contributed by atoms with Crippen LogP contribution < -0.4 is 0 Å². The number of hydrogen-bond donors (Lipinski definition) is 0. The molecule has 0 N–H and O–H groups in total. The third-order valence-electron chi connectivity index (χ3n) is 3.73. The molecule has 0 amide bonds. The number of fused-ring (bicyclic) bond motifs is 3. The van der Waals surface area contributed by atoms with Crippen molar-refractivity contribution in [3.63, 3.8) is 0 Å². The largest absolute Gasteiger partial charge is 0.262 e. The van der Waals surface area contributed by atoms with Gasteiger partial charge >= 0.3 is 0 Å². The number of rotatable bonds is 2. The first kappa shape index (κ1) is 12.9. The smallest absolute Gasteiger partial charge is 0.171 e. The summed E-state index contributed by atoms with van der Waals surface area (Å²) in [5.41, 5.74) is 2.51. The minimum Gasteiger partial charge on any atom is -0.262 e. The van der Waals surface area contributed by atoms with E-state index in [1.165, 1.54) is 12.1 Å². The van der Waals surface area contributed by atoms with Gasteiger partial charge in [-0.3, -0.25) is 4.40 Å². The summed E-state index contributed by atoms with van der Waals surface area (Å²) in [6, 6.07) is 14.2. The summed E-state index contributed by atoms with van der Waals surface area (Å²) >= 11 is 0. The molecule has 0 bridgehead atoms. The molecule has 5 heteroatoms. The Hall–Kier alpha value is -2.82. The minimum atomic E-state index is -0.267. The highest BCUT2D eigenvalue weighted by Gasteiger charge is 2.15. The average Bonchev–Trinajstić information content (AvgIpc) is 3.00. The number of halogens is 1. The van der Waals surface area contributed by atoms with Crippen LogP contribution in [0.25, 0.3) is 27.9 Å². The van der Waals surface area contributed by atoms with Gasteiger partial charge in [0.05, 0.1) is 5.52 Å². The first-order valence-corrected chi connectivity index (χ1v) is 7.16. The van der Waals surface area contributed by atoms with Crippen LogP contribution in [0.4, 0.5) is 4.39 Å². The molecule has 0 saturated carbocycles. The summed E-state index contributed by atoms with van der Waals surface area (Å²) in [4.78, 5) is 4.71. The van der Waals surface area contributed by atoms with Crippen molar-refractivity contribution in [1.29, 1.82) is 0 Å². The SMILES string of the molecule is CCc1nc2ccccc2c2nnc(-c3ccc(F)cc3)n12. The Morgan fingerprint density at radius 2 is 1.77 bits per heavy atom. The van der Waals surface area contributed by atoms with Crippen LogP contribution in [0.3, 0.4) is 0 Å². The van der Waals surface area contributed by atoms with Gasteiger partial charge in [-0.25, -0.2) is 9.37 Å². The van der Waals surface area contributed by atoms with Crippen LogP contribution in [-0.4, -0.2) is 19.6 Å². The van der Waals surface area contributed by atoms with Gasteiger partial charge in [0.25, 0.3) is 0 Å². The number of para-hydroxylation sites is 1. The van der Waals surface area contributed by atoms with Crippen molar-refractivity contribution in [3.8, 4) is 11.4 Å². The van der Waals surface area contributed by atoms with Crippen LogP contribution in [0.5, 0.6) is 0 Å². The Balaban J connectivity index is 2.09. The fourth-order valence-electron chi connectivity index (χ4n) is 2.68. The van der Waals surface area contributed by atoms with E-state index >= 15 is 0 Å². The van der Waals surface area contributed by atoms with Crippen LogP contribution in [0, 0.1) is 5.82 Å². The highest BCUT2D eigenvalue weighted by atomic mass is 19.1. The Kier molecular flexibility index (Phi) is 2.85. The van der Waals surface area contributed by atoms with Crippen LogP contribution in [0.15, 0.2) is 48.5 Å². The Morgan fingerprint density at radius 3 is 2.55 bits per heavy atom. The van der Waals surface area contributed by atoms with E-state index in [-0.39, 0.29) is 5.82 Å². The number of nitrogens with zero attached hydrogens (tertiary/aromatic N) is 4. The topological polar surface area (TPSA) is 43.1 Å². The van der Waals surface area contributed by atoms with Crippen molar-refractivity contribution in [2.45, 2.75) is 13.3 Å². The summed E-state index contributed by atoms with van der Waals surface area (Å²) in [7, 11) is 0. The van der Waals surface area contributed by atoms with Gasteiger partial charge in [-0.15, -0.1) is 10.2 Å². The normalized spacial score (nSPS) is 11.4. The van der Waals surface area contributed by atoms with Crippen LogP contribution in [-0.2, 0) is 6.42 Å². The summed E-state index contributed by atoms with van der Waals surface area (Å²) in [6.07, 6.45) is 0.758. The Bertz CT molecular complexity index is 973. The molecule has 0 spiro atoms. The molecule has 0 fully saturated rings. The van der Waals surface area contributed by atoms with Crippen molar-refractivity contribution in [2.75, 3.05) is 0 Å². The molecule has 4 aromatic rings. The third kappa shape index (κ3) is 1.86. The number of aromatic nitrogens is 4. The van der Waals surface area contributed by atoms with E-state index in [1.54, 1.807) is 12.1 Å². The molecule has 2 heterocycles.